The summed E-state index contributed by atoms with van der Waals surface area (Å²) in [5.41, 5.74) is 1.88. The molecule has 3 rings (SSSR count). The van der Waals surface area contributed by atoms with Crippen molar-refractivity contribution in [3.63, 3.8) is 0 Å². The van der Waals surface area contributed by atoms with E-state index in [0.29, 0.717) is 29.2 Å². The molecule has 1 fully saturated rings. The van der Waals surface area contributed by atoms with Gasteiger partial charge in [0.25, 0.3) is 11.8 Å². The van der Waals surface area contributed by atoms with E-state index in [0.717, 1.165) is 5.56 Å². The summed E-state index contributed by atoms with van der Waals surface area (Å²) in [6, 6.07) is 14.4. The van der Waals surface area contributed by atoms with Crippen LogP contribution in [-0.2, 0) is 16.2 Å². The van der Waals surface area contributed by atoms with Gasteiger partial charge >= 0.3 is 0 Å². The Morgan fingerprint density at radius 2 is 1.93 bits per heavy atom. The highest BCUT2D eigenvalue weighted by Crippen LogP contribution is 2.30. The molecule has 0 spiro atoms. The van der Waals surface area contributed by atoms with Gasteiger partial charge in [0.1, 0.15) is 12.2 Å². The van der Waals surface area contributed by atoms with Gasteiger partial charge in [-0.2, -0.15) is 5.26 Å². The van der Waals surface area contributed by atoms with Crippen molar-refractivity contribution >= 4 is 35.2 Å². The van der Waals surface area contributed by atoms with E-state index in [1.807, 2.05) is 19.1 Å². The molecule has 1 N–H and O–H groups in total. The van der Waals surface area contributed by atoms with Crippen LogP contribution in [0.5, 0.6) is 11.5 Å². The largest absolute Gasteiger partial charge is 0.490 e. The lowest BCUT2D eigenvalue weighted by Gasteiger charge is -2.25. The fourth-order valence-electron chi connectivity index (χ4n) is 2.83. The van der Waals surface area contributed by atoms with Gasteiger partial charge in [-0.15, -0.1) is 0 Å². The second-order valence-electron chi connectivity index (χ2n) is 6.38. The molecule has 0 aromatic heterocycles. The molecular weight excluding hydrogens is 402 g/mol. The Kier molecular flexibility index (Phi) is 6.45. The van der Waals surface area contributed by atoms with Gasteiger partial charge in [0.05, 0.1) is 18.2 Å². The third kappa shape index (κ3) is 4.47. The van der Waals surface area contributed by atoms with Gasteiger partial charge in [0.15, 0.2) is 16.6 Å². The predicted octanol–water partition coefficient (Wildman–Crippen LogP) is 2.79. The molecule has 0 atom stereocenters. The summed E-state index contributed by atoms with van der Waals surface area (Å²) in [6.07, 6.45) is 1.48. The highest BCUT2D eigenvalue weighted by Gasteiger charge is 2.30. The van der Waals surface area contributed by atoms with E-state index in [-0.39, 0.29) is 17.3 Å². The molecule has 7 nitrogen and oxygen atoms in total. The summed E-state index contributed by atoms with van der Waals surface area (Å²) < 4.78 is 11.5. The molecule has 2 amide bonds. The summed E-state index contributed by atoms with van der Waals surface area (Å²) >= 11 is 4.95. The van der Waals surface area contributed by atoms with Gasteiger partial charge in [-0.25, -0.2) is 0 Å². The van der Waals surface area contributed by atoms with Crippen LogP contribution in [0.15, 0.2) is 48.0 Å². The SMILES string of the molecule is CCOc1cc(/C=C2\C(=O)NC(=S)N(C)C2=O)ccc1OCc1ccccc1C#N. The molecule has 2 aromatic carbocycles. The first-order chi connectivity index (χ1) is 14.4. The van der Waals surface area contributed by atoms with Crippen LogP contribution in [0, 0.1) is 11.3 Å². The Bertz CT molecular complexity index is 1090. The van der Waals surface area contributed by atoms with Gasteiger partial charge in [-0.3, -0.25) is 19.8 Å². The van der Waals surface area contributed by atoms with Crippen molar-refractivity contribution in [2.75, 3.05) is 13.7 Å². The monoisotopic (exact) mass is 421 g/mol. The van der Waals surface area contributed by atoms with Crippen molar-refractivity contribution in [2.24, 2.45) is 0 Å². The zero-order chi connectivity index (χ0) is 21.7. The summed E-state index contributed by atoms with van der Waals surface area (Å²) in [5.74, 6) is -0.0667. The van der Waals surface area contributed by atoms with Crippen molar-refractivity contribution in [2.45, 2.75) is 13.5 Å². The molecule has 0 saturated carbocycles. The molecule has 1 saturated heterocycles. The normalized spacial score (nSPS) is 15.0. The van der Waals surface area contributed by atoms with Crippen LogP contribution >= 0.6 is 12.2 Å². The van der Waals surface area contributed by atoms with Crippen LogP contribution in [-0.4, -0.2) is 35.5 Å². The smallest absolute Gasteiger partial charge is 0.265 e. The lowest BCUT2D eigenvalue weighted by Crippen LogP contribution is -2.52. The van der Waals surface area contributed by atoms with Crippen LogP contribution in [0.3, 0.4) is 0 Å². The van der Waals surface area contributed by atoms with Crippen molar-refractivity contribution in [1.29, 1.82) is 5.26 Å². The average molecular weight is 421 g/mol. The van der Waals surface area contributed by atoms with Gasteiger partial charge in [0, 0.05) is 12.6 Å². The molecule has 8 heteroatoms. The van der Waals surface area contributed by atoms with E-state index in [9.17, 15) is 14.9 Å². The first-order valence-corrected chi connectivity index (χ1v) is 9.58. The Labute approximate surface area is 179 Å². The number of amides is 2. The fraction of sp³-hybridized carbons (Fsp3) is 0.182. The number of ether oxygens (including phenoxy) is 2. The van der Waals surface area contributed by atoms with Gasteiger partial charge < -0.3 is 9.47 Å². The Hall–Kier alpha value is -3.70. The molecule has 0 radical (unpaired) electrons. The second-order valence-corrected chi connectivity index (χ2v) is 6.76. The second kappa shape index (κ2) is 9.20. The minimum Gasteiger partial charge on any atom is -0.490 e. The lowest BCUT2D eigenvalue weighted by molar-refractivity contribution is -0.128. The summed E-state index contributed by atoms with van der Waals surface area (Å²) in [7, 11) is 1.50. The van der Waals surface area contributed by atoms with Crippen molar-refractivity contribution in [3.05, 3.63) is 64.7 Å². The quantitative estimate of drug-likeness (QED) is 0.438. The van der Waals surface area contributed by atoms with E-state index in [1.54, 1.807) is 30.3 Å². The number of benzene rings is 2. The van der Waals surface area contributed by atoms with Crippen molar-refractivity contribution in [1.82, 2.24) is 10.2 Å². The average Bonchev–Trinajstić information content (AvgIpc) is 2.75. The number of likely N-dealkylation sites (N-methyl/N-ethyl adjacent to an activating group) is 1. The van der Waals surface area contributed by atoms with Crippen LogP contribution in [0.2, 0.25) is 0 Å². The number of hydrogen-bond acceptors (Lipinski definition) is 6. The Morgan fingerprint density at radius 3 is 2.67 bits per heavy atom. The number of thiocarbonyl (C=S) groups is 1. The topological polar surface area (TPSA) is 91.7 Å². The van der Waals surface area contributed by atoms with E-state index in [4.69, 9.17) is 21.7 Å². The van der Waals surface area contributed by atoms with E-state index in [1.165, 1.54) is 18.0 Å². The number of nitrogens with one attached hydrogen (secondary N) is 1. The summed E-state index contributed by atoms with van der Waals surface area (Å²) in [6.45, 7) is 2.45. The van der Waals surface area contributed by atoms with Gasteiger partial charge in [-0.1, -0.05) is 24.3 Å². The molecule has 152 valence electrons. The minimum atomic E-state index is -0.547. The maximum Gasteiger partial charge on any atom is 0.265 e. The molecule has 0 aliphatic carbocycles. The maximum atomic E-state index is 12.4. The number of carbonyl (C=O) groups is 2. The lowest BCUT2D eigenvalue weighted by atomic mass is 10.1. The summed E-state index contributed by atoms with van der Waals surface area (Å²) in [4.78, 5) is 25.7. The van der Waals surface area contributed by atoms with E-state index in [2.05, 4.69) is 11.4 Å². The third-order valence-electron chi connectivity index (χ3n) is 4.40. The standard InChI is InChI=1S/C22H19N3O4S/c1-3-28-19-11-14(10-17-20(26)24-22(30)25(2)21(17)27)8-9-18(19)29-13-16-7-5-4-6-15(16)12-23/h4-11H,3,13H2,1-2H3,(H,24,26,30)/b17-10+. The van der Waals surface area contributed by atoms with Crippen molar-refractivity contribution in [3.8, 4) is 17.6 Å². The van der Waals surface area contributed by atoms with Crippen LogP contribution in [0.1, 0.15) is 23.6 Å². The molecule has 0 unspecified atom stereocenters. The number of rotatable bonds is 6. The number of nitrogens with zero attached hydrogens (tertiary/aromatic N) is 2. The number of nitriles is 1. The molecule has 30 heavy (non-hydrogen) atoms. The zero-order valence-electron chi connectivity index (χ0n) is 16.5. The Balaban J connectivity index is 1.86. The van der Waals surface area contributed by atoms with Gasteiger partial charge in [-0.05, 0) is 49.0 Å². The fourth-order valence-corrected chi connectivity index (χ4v) is 3.00. The summed E-state index contributed by atoms with van der Waals surface area (Å²) in [5, 5.41) is 11.8. The zero-order valence-corrected chi connectivity index (χ0v) is 17.3. The molecule has 1 heterocycles. The van der Waals surface area contributed by atoms with E-state index >= 15 is 0 Å². The first-order valence-electron chi connectivity index (χ1n) is 9.17. The Morgan fingerprint density at radius 1 is 1.17 bits per heavy atom. The van der Waals surface area contributed by atoms with E-state index < -0.39 is 11.8 Å². The highest BCUT2D eigenvalue weighted by atomic mass is 32.1. The maximum absolute atomic E-state index is 12.4. The first kappa shape index (κ1) is 21.0. The molecule has 1 aliphatic rings. The third-order valence-corrected chi connectivity index (χ3v) is 4.78. The molecule has 1 aliphatic heterocycles. The molecule has 0 bridgehead atoms. The highest BCUT2D eigenvalue weighted by molar-refractivity contribution is 7.80. The van der Waals surface area contributed by atoms with Crippen LogP contribution < -0.4 is 14.8 Å². The van der Waals surface area contributed by atoms with Crippen LogP contribution in [0.25, 0.3) is 6.08 Å². The van der Waals surface area contributed by atoms with Gasteiger partial charge in [0.2, 0.25) is 0 Å². The van der Waals surface area contributed by atoms with Crippen LogP contribution in [0.4, 0.5) is 0 Å². The number of hydrogen-bond donors (Lipinski definition) is 1. The minimum absolute atomic E-state index is 0.0230. The predicted molar refractivity (Wildman–Crippen MR) is 115 cm³/mol. The molecular formula is C22H19N3O4S. The number of carbonyl (C=O) groups excluding carboxylic acids is 2. The molecule has 2 aromatic rings. The van der Waals surface area contributed by atoms with Crippen molar-refractivity contribution < 1.29 is 19.1 Å².